The van der Waals surface area contributed by atoms with E-state index in [4.69, 9.17) is 0 Å². The SMILES string of the molecule is Cc1ccc2[nH]c(C)c(CC(=O)NCCc3ccc(F)cc3)c2c1. The van der Waals surface area contributed by atoms with Gasteiger partial charge in [-0.3, -0.25) is 4.79 Å². The lowest BCUT2D eigenvalue weighted by atomic mass is 10.1. The third-order valence-electron chi connectivity index (χ3n) is 4.26. The Morgan fingerprint density at radius 2 is 1.88 bits per heavy atom. The number of fused-ring (bicyclic) bond motifs is 1. The molecule has 0 saturated carbocycles. The molecule has 0 saturated heterocycles. The Kier molecular flexibility index (Phi) is 4.65. The third-order valence-corrected chi connectivity index (χ3v) is 4.26. The first-order valence-corrected chi connectivity index (χ1v) is 8.12. The van der Waals surface area contributed by atoms with Gasteiger partial charge in [0.05, 0.1) is 6.42 Å². The molecule has 3 nitrogen and oxygen atoms in total. The molecular weight excluding hydrogens is 303 g/mol. The molecule has 2 N–H and O–H groups in total. The average Bonchev–Trinajstić information content (AvgIpc) is 2.85. The van der Waals surface area contributed by atoms with Crippen LogP contribution in [0.2, 0.25) is 0 Å². The number of rotatable bonds is 5. The first-order chi connectivity index (χ1) is 11.5. The highest BCUT2D eigenvalue weighted by Crippen LogP contribution is 2.23. The molecule has 0 bridgehead atoms. The van der Waals surface area contributed by atoms with Crippen molar-refractivity contribution < 1.29 is 9.18 Å². The van der Waals surface area contributed by atoms with Gasteiger partial charge in [-0.05, 0) is 55.7 Å². The minimum Gasteiger partial charge on any atom is -0.358 e. The summed E-state index contributed by atoms with van der Waals surface area (Å²) in [4.78, 5) is 15.6. The number of aromatic nitrogens is 1. The van der Waals surface area contributed by atoms with Gasteiger partial charge in [0.25, 0.3) is 0 Å². The van der Waals surface area contributed by atoms with Gasteiger partial charge in [0, 0.05) is 23.1 Å². The van der Waals surface area contributed by atoms with E-state index in [1.165, 1.54) is 17.7 Å². The minimum atomic E-state index is -0.243. The quantitative estimate of drug-likeness (QED) is 0.736. The molecule has 0 fully saturated rings. The first-order valence-electron chi connectivity index (χ1n) is 8.12. The van der Waals surface area contributed by atoms with Crippen LogP contribution in [0.5, 0.6) is 0 Å². The normalized spacial score (nSPS) is 11.0. The highest BCUT2D eigenvalue weighted by molar-refractivity contribution is 5.90. The summed E-state index contributed by atoms with van der Waals surface area (Å²) in [6, 6.07) is 12.6. The maximum Gasteiger partial charge on any atom is 0.224 e. The van der Waals surface area contributed by atoms with Crippen molar-refractivity contribution in [2.75, 3.05) is 6.54 Å². The topological polar surface area (TPSA) is 44.9 Å². The van der Waals surface area contributed by atoms with Crippen LogP contribution in [0.3, 0.4) is 0 Å². The second-order valence-corrected chi connectivity index (χ2v) is 6.18. The molecule has 2 aromatic carbocycles. The van der Waals surface area contributed by atoms with E-state index in [0.29, 0.717) is 19.4 Å². The standard InChI is InChI=1S/C20H21FN2O/c1-13-3-8-19-18(11-13)17(14(2)23-19)12-20(24)22-10-9-15-4-6-16(21)7-5-15/h3-8,11,23H,9-10,12H2,1-2H3,(H,22,24). The molecule has 1 heterocycles. The predicted octanol–water partition coefficient (Wildman–Crippen LogP) is 3.83. The van der Waals surface area contributed by atoms with Gasteiger partial charge in [-0.2, -0.15) is 0 Å². The Balaban J connectivity index is 1.61. The van der Waals surface area contributed by atoms with Crippen molar-refractivity contribution in [3.05, 3.63) is 70.7 Å². The molecule has 0 aliphatic heterocycles. The number of aryl methyl sites for hydroxylation is 2. The van der Waals surface area contributed by atoms with Crippen molar-refractivity contribution >= 4 is 16.8 Å². The van der Waals surface area contributed by atoms with Gasteiger partial charge in [0.1, 0.15) is 5.82 Å². The van der Waals surface area contributed by atoms with E-state index in [2.05, 4.69) is 22.4 Å². The monoisotopic (exact) mass is 324 g/mol. The number of hydrogen-bond acceptors (Lipinski definition) is 1. The number of halogens is 1. The molecule has 0 unspecified atom stereocenters. The van der Waals surface area contributed by atoms with Crippen molar-refractivity contribution in [2.45, 2.75) is 26.7 Å². The van der Waals surface area contributed by atoms with Gasteiger partial charge >= 0.3 is 0 Å². The lowest BCUT2D eigenvalue weighted by Crippen LogP contribution is -2.27. The number of H-pyrrole nitrogens is 1. The number of amides is 1. The summed E-state index contributed by atoms with van der Waals surface area (Å²) in [6.07, 6.45) is 1.05. The van der Waals surface area contributed by atoms with Gasteiger partial charge in [-0.15, -0.1) is 0 Å². The summed E-state index contributed by atoms with van der Waals surface area (Å²) >= 11 is 0. The summed E-state index contributed by atoms with van der Waals surface area (Å²) in [5, 5.41) is 4.06. The fourth-order valence-electron chi connectivity index (χ4n) is 2.94. The highest BCUT2D eigenvalue weighted by atomic mass is 19.1. The van der Waals surface area contributed by atoms with Crippen LogP contribution < -0.4 is 5.32 Å². The van der Waals surface area contributed by atoms with E-state index in [0.717, 1.165) is 27.7 Å². The first kappa shape index (κ1) is 16.2. The zero-order chi connectivity index (χ0) is 17.1. The van der Waals surface area contributed by atoms with Crippen LogP contribution in [0.1, 0.15) is 22.4 Å². The number of carbonyl (C=O) groups excluding carboxylic acids is 1. The van der Waals surface area contributed by atoms with E-state index in [1.54, 1.807) is 12.1 Å². The van der Waals surface area contributed by atoms with Crippen LogP contribution in [-0.2, 0) is 17.6 Å². The van der Waals surface area contributed by atoms with E-state index in [1.807, 2.05) is 19.9 Å². The van der Waals surface area contributed by atoms with Crippen molar-refractivity contribution in [2.24, 2.45) is 0 Å². The Morgan fingerprint density at radius 3 is 2.62 bits per heavy atom. The Morgan fingerprint density at radius 1 is 1.12 bits per heavy atom. The number of nitrogens with one attached hydrogen (secondary N) is 2. The zero-order valence-electron chi connectivity index (χ0n) is 13.9. The lowest BCUT2D eigenvalue weighted by Gasteiger charge is -2.06. The van der Waals surface area contributed by atoms with Crippen LogP contribution in [0.25, 0.3) is 10.9 Å². The summed E-state index contributed by atoms with van der Waals surface area (Å²) in [7, 11) is 0. The largest absolute Gasteiger partial charge is 0.358 e. The van der Waals surface area contributed by atoms with Crippen molar-refractivity contribution in [1.82, 2.24) is 10.3 Å². The molecule has 24 heavy (non-hydrogen) atoms. The fourth-order valence-corrected chi connectivity index (χ4v) is 2.94. The molecular formula is C20H21FN2O. The summed E-state index contributed by atoms with van der Waals surface area (Å²) in [6.45, 7) is 4.59. The van der Waals surface area contributed by atoms with Crippen molar-refractivity contribution in [3.63, 3.8) is 0 Å². The molecule has 0 aliphatic rings. The molecule has 0 radical (unpaired) electrons. The molecule has 4 heteroatoms. The molecule has 3 aromatic rings. The van der Waals surface area contributed by atoms with E-state index in [-0.39, 0.29) is 11.7 Å². The molecule has 124 valence electrons. The number of aromatic amines is 1. The molecule has 0 atom stereocenters. The van der Waals surface area contributed by atoms with Gasteiger partial charge in [-0.1, -0.05) is 23.8 Å². The van der Waals surface area contributed by atoms with E-state index in [9.17, 15) is 9.18 Å². The van der Waals surface area contributed by atoms with Crippen LogP contribution in [0, 0.1) is 19.7 Å². The second-order valence-electron chi connectivity index (χ2n) is 6.18. The molecule has 1 aromatic heterocycles. The fraction of sp³-hybridized carbons (Fsp3) is 0.250. The number of carbonyl (C=O) groups is 1. The number of benzene rings is 2. The molecule has 1 amide bonds. The van der Waals surface area contributed by atoms with Gasteiger partial charge < -0.3 is 10.3 Å². The van der Waals surface area contributed by atoms with E-state index >= 15 is 0 Å². The summed E-state index contributed by atoms with van der Waals surface area (Å²) in [5.74, 6) is -0.240. The van der Waals surface area contributed by atoms with E-state index < -0.39 is 0 Å². The Labute approximate surface area is 140 Å². The van der Waals surface area contributed by atoms with Gasteiger partial charge in [-0.25, -0.2) is 4.39 Å². The predicted molar refractivity (Wildman–Crippen MR) is 94.6 cm³/mol. The zero-order valence-corrected chi connectivity index (χ0v) is 13.9. The van der Waals surface area contributed by atoms with Gasteiger partial charge in [0.2, 0.25) is 5.91 Å². The summed E-state index contributed by atoms with van der Waals surface area (Å²) < 4.78 is 12.9. The molecule has 3 rings (SSSR count). The average molecular weight is 324 g/mol. The van der Waals surface area contributed by atoms with Crippen LogP contribution in [0.4, 0.5) is 4.39 Å². The summed E-state index contributed by atoms with van der Waals surface area (Å²) in [5.41, 5.74) is 5.33. The Bertz CT molecular complexity index is 865. The van der Waals surface area contributed by atoms with Crippen molar-refractivity contribution in [3.8, 4) is 0 Å². The van der Waals surface area contributed by atoms with Crippen LogP contribution >= 0.6 is 0 Å². The Hall–Kier alpha value is -2.62. The van der Waals surface area contributed by atoms with Crippen LogP contribution in [-0.4, -0.2) is 17.4 Å². The lowest BCUT2D eigenvalue weighted by molar-refractivity contribution is -0.120. The molecule has 0 aliphatic carbocycles. The van der Waals surface area contributed by atoms with Crippen LogP contribution in [0.15, 0.2) is 42.5 Å². The molecule has 0 spiro atoms. The maximum atomic E-state index is 12.9. The minimum absolute atomic E-state index is 0.00242. The highest BCUT2D eigenvalue weighted by Gasteiger charge is 2.12. The third kappa shape index (κ3) is 3.65. The van der Waals surface area contributed by atoms with Crippen molar-refractivity contribution in [1.29, 1.82) is 0 Å². The number of hydrogen-bond donors (Lipinski definition) is 2. The van der Waals surface area contributed by atoms with Gasteiger partial charge in [0.15, 0.2) is 0 Å². The smallest absolute Gasteiger partial charge is 0.224 e. The second kappa shape index (κ2) is 6.87. The maximum absolute atomic E-state index is 12.9.